The number of benzene rings is 2. The number of rotatable bonds is 6. The fourth-order valence-electron chi connectivity index (χ4n) is 5.58. The highest BCUT2D eigenvalue weighted by Gasteiger charge is 2.61. The van der Waals surface area contributed by atoms with E-state index in [9.17, 15) is 24.3 Å². The van der Waals surface area contributed by atoms with Crippen molar-refractivity contribution in [2.24, 2.45) is 5.92 Å². The molecule has 1 aliphatic heterocycles. The molecule has 0 bridgehead atoms. The van der Waals surface area contributed by atoms with Gasteiger partial charge in [0.2, 0.25) is 11.4 Å². The van der Waals surface area contributed by atoms with Gasteiger partial charge in [-0.25, -0.2) is 0 Å². The number of ketones is 2. The van der Waals surface area contributed by atoms with Gasteiger partial charge in [0.05, 0.1) is 27.8 Å². The zero-order valence-corrected chi connectivity index (χ0v) is 22.9. The van der Waals surface area contributed by atoms with Crippen molar-refractivity contribution in [2.45, 2.75) is 31.3 Å². The lowest BCUT2D eigenvalue weighted by atomic mass is 9.69. The van der Waals surface area contributed by atoms with Gasteiger partial charge in [-0.05, 0) is 17.5 Å². The van der Waals surface area contributed by atoms with Crippen LogP contribution in [0.3, 0.4) is 0 Å². The molecule has 2 heterocycles. The van der Waals surface area contributed by atoms with E-state index in [1.165, 1.54) is 27.4 Å². The summed E-state index contributed by atoms with van der Waals surface area (Å²) in [5.74, 6) is -4.52. The van der Waals surface area contributed by atoms with Gasteiger partial charge < -0.3 is 29.0 Å². The molecule has 2 N–H and O–H groups in total. The van der Waals surface area contributed by atoms with Crippen molar-refractivity contribution in [3.8, 4) is 17.2 Å². The number of aliphatic hydroxyl groups excluding tert-OH is 1. The zero-order valence-electron chi connectivity index (χ0n) is 22.1. The number of halogens is 1. The van der Waals surface area contributed by atoms with Crippen LogP contribution in [0.25, 0.3) is 10.9 Å². The molecule has 208 valence electrons. The molecular weight excluding hydrogens is 542 g/mol. The van der Waals surface area contributed by atoms with Crippen molar-refractivity contribution in [2.75, 3.05) is 21.3 Å². The van der Waals surface area contributed by atoms with Crippen molar-refractivity contribution in [1.29, 1.82) is 0 Å². The molecule has 0 saturated heterocycles. The summed E-state index contributed by atoms with van der Waals surface area (Å²) in [5.41, 5.74) is -2.34. The molecule has 3 aromatic rings. The molecule has 1 aliphatic carbocycles. The van der Waals surface area contributed by atoms with Gasteiger partial charge in [-0.3, -0.25) is 19.2 Å². The number of ether oxygens (including phenoxy) is 4. The van der Waals surface area contributed by atoms with Gasteiger partial charge in [-0.2, -0.15) is 0 Å². The second-order valence-electron chi connectivity index (χ2n) is 9.73. The van der Waals surface area contributed by atoms with E-state index in [0.29, 0.717) is 10.9 Å². The van der Waals surface area contributed by atoms with Crippen LogP contribution < -0.4 is 19.8 Å². The summed E-state index contributed by atoms with van der Waals surface area (Å²) < 4.78 is 21.7. The first-order valence-electron chi connectivity index (χ1n) is 12.4. The molecule has 40 heavy (non-hydrogen) atoms. The minimum atomic E-state index is -2.06. The van der Waals surface area contributed by atoms with Crippen LogP contribution >= 0.6 is 11.6 Å². The highest BCUT2D eigenvalue weighted by Crippen LogP contribution is 2.55. The Morgan fingerprint density at radius 3 is 2.52 bits per heavy atom. The van der Waals surface area contributed by atoms with Gasteiger partial charge in [0.15, 0.2) is 17.3 Å². The summed E-state index contributed by atoms with van der Waals surface area (Å²) in [7, 11) is 3.91. The normalized spacial score (nSPS) is 20.9. The lowest BCUT2D eigenvalue weighted by Crippen LogP contribution is -2.53. The summed E-state index contributed by atoms with van der Waals surface area (Å²) >= 11 is 6.50. The molecule has 0 unspecified atom stereocenters. The van der Waals surface area contributed by atoms with Gasteiger partial charge in [0.25, 0.3) is 5.56 Å². The van der Waals surface area contributed by atoms with Crippen molar-refractivity contribution >= 4 is 40.0 Å². The molecule has 2 aliphatic rings. The summed E-state index contributed by atoms with van der Waals surface area (Å²) in [4.78, 5) is 56.2. The molecule has 3 atom stereocenters. The number of Topliss-reactive ketones (excluding diaryl/α,β-unsaturated/α-hetero) is 2. The molecule has 0 fully saturated rings. The van der Waals surface area contributed by atoms with E-state index < -0.39 is 52.7 Å². The number of allylic oxidation sites excluding steroid dienone is 1. The molecule has 0 saturated carbocycles. The van der Waals surface area contributed by atoms with E-state index in [2.05, 4.69) is 4.98 Å². The molecule has 10 nitrogen and oxygen atoms in total. The monoisotopic (exact) mass is 567 g/mol. The van der Waals surface area contributed by atoms with E-state index >= 15 is 0 Å². The number of carbonyl (C=O) groups excluding carboxylic acids is 3. The number of carbonyl (C=O) groups is 3. The number of hydrogen-bond donors (Lipinski definition) is 2. The second-order valence-corrected chi connectivity index (χ2v) is 10.1. The third kappa shape index (κ3) is 3.93. The van der Waals surface area contributed by atoms with Crippen LogP contribution in [-0.2, 0) is 14.3 Å². The minimum Gasteiger partial charge on any atom is -0.507 e. The summed E-state index contributed by atoms with van der Waals surface area (Å²) in [6.07, 6.45) is -0.675. The van der Waals surface area contributed by atoms with Crippen molar-refractivity contribution in [1.82, 2.24) is 4.98 Å². The number of aromatic nitrogens is 1. The Morgan fingerprint density at radius 1 is 1.15 bits per heavy atom. The number of aromatic amines is 1. The molecule has 2 aromatic carbocycles. The molecule has 5 rings (SSSR count). The van der Waals surface area contributed by atoms with Gasteiger partial charge in [-0.15, -0.1) is 0 Å². The lowest BCUT2D eigenvalue weighted by Gasteiger charge is -2.38. The van der Waals surface area contributed by atoms with Crippen molar-refractivity contribution < 1.29 is 38.4 Å². The SMILES string of the molecule is COC(=O)C[C@@H](C1=C(O)[C@@]2(Oc3c(Cl)c(OC)cc(OC)c3C2=O)[C@H](C)CC1=O)c1cc2ccccc2[nH]c1=O. The van der Waals surface area contributed by atoms with Crippen molar-refractivity contribution in [3.63, 3.8) is 0 Å². The van der Waals surface area contributed by atoms with Crippen molar-refractivity contribution in [3.05, 3.63) is 74.2 Å². The zero-order chi connectivity index (χ0) is 28.9. The summed E-state index contributed by atoms with van der Waals surface area (Å²) in [6, 6.07) is 9.97. The predicted octanol–water partition coefficient (Wildman–Crippen LogP) is 4.28. The predicted molar refractivity (Wildman–Crippen MR) is 145 cm³/mol. The van der Waals surface area contributed by atoms with Crippen LogP contribution in [0, 0.1) is 5.92 Å². The Hall–Kier alpha value is -4.31. The standard InChI is InChI=1S/C29H26ClNO9/c1-13-9-18(32)22(15(11-21(33)39-4)16-10-14-7-5-6-8-17(14)31-28(16)36)26(34)29(13)27(35)23-19(37-2)12-20(38-3)24(30)25(23)40-29/h5-8,10,12-13,15,34H,9,11H2,1-4H3,(H,31,36)/t13-,15-,29+/m1/s1. The number of esters is 1. The van der Waals surface area contributed by atoms with E-state index in [1.807, 2.05) is 0 Å². The maximum absolute atomic E-state index is 14.1. The molecule has 0 amide bonds. The van der Waals surface area contributed by atoms with Gasteiger partial charge >= 0.3 is 5.97 Å². The molecule has 1 spiro atoms. The van der Waals surface area contributed by atoms with Crippen LogP contribution in [0.2, 0.25) is 5.02 Å². The number of H-pyrrole nitrogens is 1. The van der Waals surface area contributed by atoms with E-state index in [-0.39, 0.29) is 45.4 Å². The van der Waals surface area contributed by atoms with Crippen LogP contribution in [-0.4, -0.2) is 54.6 Å². The topological polar surface area (TPSA) is 141 Å². The fourth-order valence-corrected chi connectivity index (χ4v) is 5.84. The van der Waals surface area contributed by atoms with E-state index in [0.717, 1.165) is 0 Å². The third-order valence-electron chi connectivity index (χ3n) is 7.62. The maximum Gasteiger partial charge on any atom is 0.306 e. The van der Waals surface area contributed by atoms with Crippen LogP contribution in [0.4, 0.5) is 0 Å². The third-order valence-corrected chi connectivity index (χ3v) is 7.97. The molecule has 11 heteroatoms. The first-order valence-corrected chi connectivity index (χ1v) is 12.8. The number of pyridine rings is 1. The average Bonchev–Trinajstić information content (AvgIpc) is 3.26. The second kappa shape index (κ2) is 10.0. The molecular formula is C29H26ClNO9. The lowest BCUT2D eigenvalue weighted by molar-refractivity contribution is -0.140. The van der Waals surface area contributed by atoms with Gasteiger partial charge in [0, 0.05) is 41.0 Å². The number of hydrogen-bond acceptors (Lipinski definition) is 9. The molecule has 1 aromatic heterocycles. The Kier molecular flexibility index (Phi) is 6.83. The Balaban J connectivity index is 1.76. The Labute approximate surface area is 233 Å². The van der Waals surface area contributed by atoms with Gasteiger partial charge in [-0.1, -0.05) is 36.7 Å². The Bertz CT molecular complexity index is 1670. The van der Waals surface area contributed by atoms with E-state index in [4.69, 9.17) is 30.5 Å². The Morgan fingerprint density at radius 2 is 1.85 bits per heavy atom. The van der Waals surface area contributed by atoms with Gasteiger partial charge in [0.1, 0.15) is 22.1 Å². The fraction of sp³-hybridized carbons (Fsp3) is 0.310. The van der Waals surface area contributed by atoms with Crippen LogP contribution in [0.5, 0.6) is 17.2 Å². The highest BCUT2D eigenvalue weighted by molar-refractivity contribution is 6.35. The first-order chi connectivity index (χ1) is 19.1. The van der Waals surface area contributed by atoms with E-state index in [1.54, 1.807) is 37.3 Å². The average molecular weight is 568 g/mol. The molecule has 0 radical (unpaired) electrons. The minimum absolute atomic E-state index is 0.0148. The quantitative estimate of drug-likeness (QED) is 0.417. The number of methoxy groups -OCH3 is 3. The summed E-state index contributed by atoms with van der Waals surface area (Å²) in [5, 5.41) is 12.5. The number of nitrogens with one attached hydrogen (secondary N) is 1. The number of aliphatic hydroxyl groups is 1. The number of fused-ring (bicyclic) bond motifs is 2. The highest BCUT2D eigenvalue weighted by atomic mass is 35.5. The smallest absolute Gasteiger partial charge is 0.306 e. The van der Waals surface area contributed by atoms with Crippen LogP contribution in [0.15, 0.2) is 52.5 Å². The first kappa shape index (κ1) is 27.3. The summed E-state index contributed by atoms with van der Waals surface area (Å²) in [6.45, 7) is 1.59. The maximum atomic E-state index is 14.1. The van der Waals surface area contributed by atoms with Crippen LogP contribution in [0.1, 0.15) is 41.6 Å². The number of para-hydroxylation sites is 1. The largest absolute Gasteiger partial charge is 0.507 e.